The lowest BCUT2D eigenvalue weighted by Crippen LogP contribution is -2.58. The van der Waals surface area contributed by atoms with Gasteiger partial charge >= 0.3 is 11.9 Å². The van der Waals surface area contributed by atoms with Crippen molar-refractivity contribution >= 4 is 52.5 Å². The number of esters is 1. The molecule has 2 aliphatic rings. The number of methoxy groups -OCH3 is 1. The summed E-state index contributed by atoms with van der Waals surface area (Å²) in [6.45, 7) is 4.44. The van der Waals surface area contributed by atoms with Gasteiger partial charge in [0.1, 0.15) is 17.9 Å². The number of hydrogen-bond donors (Lipinski definition) is 2. The quantitative estimate of drug-likeness (QED) is 0.536. The molecule has 2 aliphatic heterocycles. The second-order valence-electron chi connectivity index (χ2n) is 8.56. The van der Waals surface area contributed by atoms with E-state index in [1.807, 2.05) is 18.7 Å². The second-order valence-corrected chi connectivity index (χ2v) is 11.6. The van der Waals surface area contributed by atoms with Crippen molar-refractivity contribution in [3.05, 3.63) is 62.5 Å². The number of halogens is 2. The molecule has 1 aromatic carbocycles. The molecule has 1 fully saturated rings. The Balaban J connectivity index is 1.84. The summed E-state index contributed by atoms with van der Waals surface area (Å²) in [6, 6.07) is 2.21. The number of rotatable bonds is 6. The maximum Gasteiger partial charge on any atom is 0.338 e. The minimum Gasteiger partial charge on any atom is -0.480 e. The number of thioether (sulfide) groups is 1. The van der Waals surface area contributed by atoms with Gasteiger partial charge < -0.3 is 15.2 Å². The molecule has 0 bridgehead atoms. The van der Waals surface area contributed by atoms with Gasteiger partial charge in [0.25, 0.3) is 0 Å². The third-order valence-corrected chi connectivity index (χ3v) is 8.36. The number of aromatic nitrogens is 1. The normalized spacial score (nSPS) is 22.4. The number of amidine groups is 1. The molecule has 3 heterocycles. The monoisotopic (exact) mass is 538 g/mol. The van der Waals surface area contributed by atoms with E-state index in [9.17, 15) is 19.1 Å². The molecular formula is C23H24ClFN4O4S2. The Kier molecular flexibility index (Phi) is 7.51. The average Bonchev–Trinajstić information content (AvgIpc) is 3.32. The molecule has 35 heavy (non-hydrogen) atoms. The number of carbonyl (C=O) groups excluding carboxylic acids is 1. The van der Waals surface area contributed by atoms with Crippen LogP contribution in [0.25, 0.3) is 0 Å². The van der Waals surface area contributed by atoms with E-state index in [4.69, 9.17) is 21.3 Å². The van der Waals surface area contributed by atoms with Crippen molar-refractivity contribution in [2.45, 2.75) is 30.7 Å². The molecule has 1 aromatic heterocycles. The summed E-state index contributed by atoms with van der Waals surface area (Å²) in [4.78, 5) is 36.2. The molecule has 8 nitrogen and oxygen atoms in total. The SMILES string of the molecule is COC(=O)C1=C(CN2CCSC(C)(C)[C@@H]2C(=O)O)NC(c2nccs2)=N[C@H]1c1ccc(F)cc1Cl. The van der Waals surface area contributed by atoms with Crippen LogP contribution in [-0.2, 0) is 14.3 Å². The van der Waals surface area contributed by atoms with Gasteiger partial charge in [-0.05, 0) is 26.0 Å². The molecule has 0 aliphatic carbocycles. The average molecular weight is 539 g/mol. The van der Waals surface area contributed by atoms with Crippen LogP contribution >= 0.6 is 34.7 Å². The largest absolute Gasteiger partial charge is 0.480 e. The number of hydrogen-bond acceptors (Lipinski definition) is 9. The Hall–Kier alpha value is -2.47. The predicted molar refractivity (Wildman–Crippen MR) is 135 cm³/mol. The standard InChI is InChI=1S/C23H24ClFN4O4S2/c1-23(2)18(21(30)31)29(7-9-35-23)11-15-16(22(32)33-3)17(13-5-4-12(25)10-14(13)24)28-19(27-15)20-26-6-8-34-20/h4-6,8,10,17-18H,7,9,11H2,1-3H3,(H,27,28)(H,30,31)/t17-,18-/m0/s1. The van der Waals surface area contributed by atoms with E-state index in [2.05, 4.69) is 10.3 Å². The molecular weight excluding hydrogens is 515 g/mol. The third-order valence-electron chi connectivity index (χ3n) is 5.89. The first-order valence-corrected chi connectivity index (χ1v) is 13.0. The molecule has 186 valence electrons. The van der Waals surface area contributed by atoms with Crippen LogP contribution in [0.4, 0.5) is 4.39 Å². The van der Waals surface area contributed by atoms with Crippen LogP contribution in [0.3, 0.4) is 0 Å². The highest BCUT2D eigenvalue weighted by Crippen LogP contribution is 2.39. The number of ether oxygens (including phenoxy) is 1. The molecule has 0 spiro atoms. The fourth-order valence-corrected chi connectivity index (χ4v) is 6.49. The van der Waals surface area contributed by atoms with Gasteiger partial charge in [-0.15, -0.1) is 11.3 Å². The number of aliphatic imine (C=N–C) groups is 1. The van der Waals surface area contributed by atoms with Gasteiger partial charge in [0, 0.05) is 51.4 Å². The van der Waals surface area contributed by atoms with E-state index < -0.39 is 34.6 Å². The lowest BCUT2D eigenvalue weighted by Gasteiger charge is -2.44. The van der Waals surface area contributed by atoms with Gasteiger partial charge in [-0.1, -0.05) is 17.7 Å². The van der Waals surface area contributed by atoms with Gasteiger partial charge in [0.2, 0.25) is 0 Å². The zero-order valence-corrected chi connectivity index (χ0v) is 21.6. The first kappa shape index (κ1) is 25.6. The number of benzene rings is 1. The van der Waals surface area contributed by atoms with Gasteiger partial charge in [-0.25, -0.2) is 14.2 Å². The first-order valence-electron chi connectivity index (χ1n) is 10.7. The van der Waals surface area contributed by atoms with Gasteiger partial charge in [-0.3, -0.25) is 14.7 Å². The summed E-state index contributed by atoms with van der Waals surface area (Å²) >= 11 is 9.33. The van der Waals surface area contributed by atoms with Crippen molar-refractivity contribution in [3.63, 3.8) is 0 Å². The zero-order chi connectivity index (χ0) is 25.3. The Labute approximate surface area is 215 Å². The Morgan fingerprint density at radius 3 is 2.80 bits per heavy atom. The molecule has 0 unspecified atom stereocenters. The van der Waals surface area contributed by atoms with E-state index in [-0.39, 0.29) is 17.1 Å². The van der Waals surface area contributed by atoms with Crippen molar-refractivity contribution in [2.75, 3.05) is 26.0 Å². The lowest BCUT2D eigenvalue weighted by atomic mass is 9.94. The lowest BCUT2D eigenvalue weighted by molar-refractivity contribution is -0.144. The maximum atomic E-state index is 13.8. The molecule has 0 radical (unpaired) electrons. The molecule has 2 atom stereocenters. The van der Waals surface area contributed by atoms with Gasteiger partial charge in [-0.2, -0.15) is 11.8 Å². The number of carboxylic acid groups (broad SMARTS) is 1. The zero-order valence-electron chi connectivity index (χ0n) is 19.2. The number of carbonyl (C=O) groups is 2. The topological polar surface area (TPSA) is 104 Å². The summed E-state index contributed by atoms with van der Waals surface area (Å²) in [5.41, 5.74) is 1.05. The van der Waals surface area contributed by atoms with E-state index in [0.29, 0.717) is 28.6 Å². The molecule has 1 saturated heterocycles. The van der Waals surface area contributed by atoms with Crippen molar-refractivity contribution in [1.82, 2.24) is 15.2 Å². The molecule has 12 heteroatoms. The van der Waals surface area contributed by atoms with Crippen molar-refractivity contribution in [1.29, 1.82) is 0 Å². The number of carboxylic acids is 1. The predicted octanol–water partition coefficient (Wildman–Crippen LogP) is 3.73. The Morgan fingerprint density at radius 1 is 1.40 bits per heavy atom. The third kappa shape index (κ3) is 5.23. The van der Waals surface area contributed by atoms with Crippen LogP contribution in [0, 0.1) is 5.82 Å². The maximum absolute atomic E-state index is 13.8. The molecule has 0 amide bonds. The Morgan fingerprint density at radius 2 is 2.17 bits per heavy atom. The molecule has 4 rings (SSSR count). The second kappa shape index (κ2) is 10.3. The molecule has 2 N–H and O–H groups in total. The van der Waals surface area contributed by atoms with Crippen LogP contribution in [0.1, 0.15) is 30.5 Å². The number of nitrogens with zero attached hydrogens (tertiary/aromatic N) is 3. The highest BCUT2D eigenvalue weighted by molar-refractivity contribution is 8.00. The van der Waals surface area contributed by atoms with E-state index >= 15 is 0 Å². The summed E-state index contributed by atoms with van der Waals surface area (Å²) in [7, 11) is 1.26. The summed E-state index contributed by atoms with van der Waals surface area (Å²) in [6.07, 6.45) is 1.63. The number of thiazole rings is 1. The van der Waals surface area contributed by atoms with E-state index in [1.54, 1.807) is 23.3 Å². The van der Waals surface area contributed by atoms with Crippen LogP contribution in [0.2, 0.25) is 5.02 Å². The Bertz CT molecular complexity index is 1200. The van der Waals surface area contributed by atoms with Crippen molar-refractivity contribution in [3.8, 4) is 0 Å². The van der Waals surface area contributed by atoms with Crippen molar-refractivity contribution in [2.24, 2.45) is 4.99 Å². The highest BCUT2D eigenvalue weighted by atomic mass is 35.5. The van der Waals surface area contributed by atoms with Crippen LogP contribution in [-0.4, -0.2) is 69.5 Å². The summed E-state index contributed by atoms with van der Waals surface area (Å²) in [5, 5.41) is 15.7. The van der Waals surface area contributed by atoms with Crippen LogP contribution in [0.5, 0.6) is 0 Å². The summed E-state index contributed by atoms with van der Waals surface area (Å²) < 4.78 is 18.4. The van der Waals surface area contributed by atoms with Crippen LogP contribution in [0.15, 0.2) is 46.0 Å². The summed E-state index contributed by atoms with van der Waals surface area (Å²) in [5.74, 6) is -0.954. The highest BCUT2D eigenvalue weighted by Gasteiger charge is 2.44. The van der Waals surface area contributed by atoms with Gasteiger partial charge in [0.15, 0.2) is 10.8 Å². The smallest absolute Gasteiger partial charge is 0.338 e. The number of nitrogens with one attached hydrogen (secondary N) is 1. The van der Waals surface area contributed by atoms with E-state index in [1.165, 1.54) is 30.6 Å². The van der Waals surface area contributed by atoms with Crippen LogP contribution < -0.4 is 5.32 Å². The minimum absolute atomic E-state index is 0.110. The van der Waals surface area contributed by atoms with Crippen molar-refractivity contribution < 1.29 is 23.8 Å². The fraction of sp³-hybridized carbons (Fsp3) is 0.391. The molecule has 0 saturated carbocycles. The number of aliphatic carboxylic acids is 1. The first-order chi connectivity index (χ1) is 16.6. The molecule has 2 aromatic rings. The minimum atomic E-state index is -0.940. The van der Waals surface area contributed by atoms with E-state index in [0.717, 1.165) is 11.8 Å². The van der Waals surface area contributed by atoms with Gasteiger partial charge in [0.05, 0.1) is 12.7 Å². The fourth-order valence-electron chi connectivity index (χ4n) is 4.37.